The van der Waals surface area contributed by atoms with Crippen LogP contribution >= 0.6 is 11.8 Å². The Labute approximate surface area is 216 Å². The van der Waals surface area contributed by atoms with E-state index in [1.807, 2.05) is 54.6 Å². The van der Waals surface area contributed by atoms with Crippen molar-refractivity contribution >= 4 is 51.4 Å². The maximum atomic E-state index is 13.4. The van der Waals surface area contributed by atoms with Gasteiger partial charge in [0.2, 0.25) is 5.91 Å². The fourth-order valence-electron chi connectivity index (χ4n) is 3.99. The number of hydrogen-bond donors (Lipinski definition) is 1. The Balaban J connectivity index is 1.30. The van der Waals surface area contributed by atoms with Crippen molar-refractivity contribution in [2.45, 2.75) is 6.61 Å². The van der Waals surface area contributed by atoms with E-state index < -0.39 is 29.4 Å². The zero-order valence-corrected chi connectivity index (χ0v) is 20.3. The van der Waals surface area contributed by atoms with Crippen LogP contribution in [0.4, 0.5) is 14.9 Å². The standard InChI is InChI=1S/C29H21FN2O4S/c30-22-11-6-12-23(16-22)31-27(33)17-32-28(34)26(37-29(32)35)15-20-8-2-4-14-25(20)36-18-21-10-5-9-19-7-1-3-13-24(19)21/h1-16H,17-18H2,(H,31,33)/b26-15+. The largest absolute Gasteiger partial charge is 0.488 e. The van der Waals surface area contributed by atoms with Crippen LogP contribution in [-0.4, -0.2) is 28.5 Å². The highest BCUT2D eigenvalue weighted by Crippen LogP contribution is 2.34. The van der Waals surface area contributed by atoms with Crippen molar-refractivity contribution in [3.63, 3.8) is 0 Å². The van der Waals surface area contributed by atoms with Gasteiger partial charge in [-0.05, 0) is 58.4 Å². The summed E-state index contributed by atoms with van der Waals surface area (Å²) in [5.74, 6) is -1.12. The summed E-state index contributed by atoms with van der Waals surface area (Å²) in [6, 6.07) is 26.7. The maximum Gasteiger partial charge on any atom is 0.294 e. The fourth-order valence-corrected chi connectivity index (χ4v) is 4.82. The molecule has 1 aliphatic heterocycles. The Morgan fingerprint density at radius 1 is 0.946 bits per heavy atom. The number of rotatable bonds is 7. The Hall–Kier alpha value is -4.43. The van der Waals surface area contributed by atoms with Gasteiger partial charge in [-0.2, -0.15) is 0 Å². The van der Waals surface area contributed by atoms with E-state index in [0.717, 1.165) is 39.1 Å². The molecule has 37 heavy (non-hydrogen) atoms. The molecule has 4 aromatic carbocycles. The first-order valence-corrected chi connectivity index (χ1v) is 12.3. The predicted molar refractivity (Wildman–Crippen MR) is 142 cm³/mol. The summed E-state index contributed by atoms with van der Waals surface area (Å²) in [5.41, 5.74) is 1.90. The predicted octanol–water partition coefficient (Wildman–Crippen LogP) is 6.23. The molecule has 1 saturated heterocycles. The topological polar surface area (TPSA) is 75.7 Å². The summed E-state index contributed by atoms with van der Waals surface area (Å²) < 4.78 is 19.5. The van der Waals surface area contributed by atoms with Crippen molar-refractivity contribution in [3.8, 4) is 5.75 Å². The molecule has 0 saturated carbocycles. The van der Waals surface area contributed by atoms with Crippen LogP contribution in [0, 0.1) is 5.82 Å². The zero-order chi connectivity index (χ0) is 25.8. The normalized spacial score (nSPS) is 14.4. The number of benzene rings is 4. The SMILES string of the molecule is O=C(CN1C(=O)S/C(=C/c2ccccc2OCc2cccc3ccccc23)C1=O)Nc1cccc(F)c1. The lowest BCUT2D eigenvalue weighted by Crippen LogP contribution is -2.36. The molecule has 1 aliphatic rings. The zero-order valence-electron chi connectivity index (χ0n) is 19.5. The molecule has 0 atom stereocenters. The van der Waals surface area contributed by atoms with E-state index >= 15 is 0 Å². The number of nitrogens with one attached hydrogen (secondary N) is 1. The van der Waals surface area contributed by atoms with Gasteiger partial charge in [0.25, 0.3) is 11.1 Å². The van der Waals surface area contributed by atoms with Crippen LogP contribution in [0.15, 0.2) is 95.9 Å². The van der Waals surface area contributed by atoms with Crippen LogP contribution in [-0.2, 0) is 16.2 Å². The Kier molecular flexibility index (Phi) is 7.00. The number of carbonyl (C=O) groups excluding carboxylic acids is 3. The molecule has 5 rings (SSSR count). The maximum absolute atomic E-state index is 13.4. The second-order valence-corrected chi connectivity index (χ2v) is 9.28. The van der Waals surface area contributed by atoms with Gasteiger partial charge >= 0.3 is 0 Å². The molecule has 184 valence electrons. The molecular weight excluding hydrogens is 491 g/mol. The second kappa shape index (κ2) is 10.7. The van der Waals surface area contributed by atoms with Gasteiger partial charge in [0.1, 0.15) is 24.7 Å². The minimum atomic E-state index is -0.604. The van der Waals surface area contributed by atoms with Gasteiger partial charge in [0.05, 0.1) is 4.91 Å². The Morgan fingerprint density at radius 2 is 1.70 bits per heavy atom. The lowest BCUT2D eigenvalue weighted by Gasteiger charge is -2.13. The van der Waals surface area contributed by atoms with Crippen molar-refractivity contribution < 1.29 is 23.5 Å². The number of thioether (sulfide) groups is 1. The van der Waals surface area contributed by atoms with Crippen LogP contribution in [0.25, 0.3) is 16.8 Å². The average Bonchev–Trinajstić information content (AvgIpc) is 3.15. The molecule has 0 aliphatic carbocycles. The van der Waals surface area contributed by atoms with E-state index in [2.05, 4.69) is 5.32 Å². The highest BCUT2D eigenvalue weighted by atomic mass is 32.2. The van der Waals surface area contributed by atoms with Gasteiger partial charge < -0.3 is 10.1 Å². The van der Waals surface area contributed by atoms with Crippen LogP contribution in [0.2, 0.25) is 0 Å². The van der Waals surface area contributed by atoms with E-state index in [4.69, 9.17) is 4.74 Å². The first-order valence-electron chi connectivity index (χ1n) is 11.5. The first kappa shape index (κ1) is 24.3. The molecule has 0 aromatic heterocycles. The Morgan fingerprint density at radius 3 is 2.57 bits per heavy atom. The molecule has 1 fully saturated rings. The molecular formula is C29H21FN2O4S. The number of ether oxygens (including phenoxy) is 1. The molecule has 0 unspecified atom stereocenters. The number of carbonyl (C=O) groups is 3. The number of imide groups is 1. The number of anilines is 1. The molecule has 3 amide bonds. The van der Waals surface area contributed by atoms with E-state index in [-0.39, 0.29) is 10.6 Å². The van der Waals surface area contributed by atoms with E-state index in [9.17, 15) is 18.8 Å². The summed E-state index contributed by atoms with van der Waals surface area (Å²) in [7, 11) is 0. The van der Waals surface area contributed by atoms with Crippen LogP contribution in [0.1, 0.15) is 11.1 Å². The number of fused-ring (bicyclic) bond motifs is 1. The van der Waals surface area contributed by atoms with Gasteiger partial charge in [-0.3, -0.25) is 19.3 Å². The van der Waals surface area contributed by atoms with Crippen molar-refractivity contribution in [1.29, 1.82) is 0 Å². The van der Waals surface area contributed by atoms with Crippen molar-refractivity contribution in [3.05, 3.63) is 113 Å². The van der Waals surface area contributed by atoms with Gasteiger partial charge in [-0.1, -0.05) is 66.7 Å². The minimum Gasteiger partial charge on any atom is -0.488 e. The summed E-state index contributed by atoms with van der Waals surface area (Å²) in [5, 5.41) is 4.15. The van der Waals surface area contributed by atoms with Crippen molar-refractivity contribution in [1.82, 2.24) is 4.90 Å². The number of hydrogen-bond acceptors (Lipinski definition) is 5. The summed E-state index contributed by atoms with van der Waals surface area (Å²) in [6.45, 7) is -0.147. The lowest BCUT2D eigenvalue weighted by atomic mass is 10.1. The van der Waals surface area contributed by atoms with Crippen molar-refractivity contribution in [2.75, 3.05) is 11.9 Å². The Bertz CT molecular complexity index is 1550. The van der Waals surface area contributed by atoms with E-state index in [1.54, 1.807) is 18.2 Å². The molecule has 0 radical (unpaired) electrons. The summed E-state index contributed by atoms with van der Waals surface area (Å²) in [4.78, 5) is 38.9. The number of halogens is 1. The monoisotopic (exact) mass is 512 g/mol. The van der Waals surface area contributed by atoms with Crippen LogP contribution in [0.3, 0.4) is 0 Å². The number of amides is 3. The van der Waals surface area contributed by atoms with Gasteiger partial charge in [0, 0.05) is 11.3 Å². The van der Waals surface area contributed by atoms with Gasteiger partial charge in [-0.15, -0.1) is 0 Å². The van der Waals surface area contributed by atoms with Gasteiger partial charge in [-0.25, -0.2) is 4.39 Å². The lowest BCUT2D eigenvalue weighted by molar-refractivity contribution is -0.127. The third-order valence-corrected chi connectivity index (χ3v) is 6.66. The third-order valence-electron chi connectivity index (χ3n) is 5.75. The quantitative estimate of drug-likeness (QED) is 0.297. The van der Waals surface area contributed by atoms with Crippen molar-refractivity contribution in [2.24, 2.45) is 0 Å². The summed E-state index contributed by atoms with van der Waals surface area (Å²) in [6.07, 6.45) is 1.59. The first-order chi connectivity index (χ1) is 18.0. The highest BCUT2D eigenvalue weighted by Gasteiger charge is 2.36. The minimum absolute atomic E-state index is 0.185. The number of para-hydroxylation sites is 1. The summed E-state index contributed by atoms with van der Waals surface area (Å²) >= 11 is 0.755. The average molecular weight is 513 g/mol. The van der Waals surface area contributed by atoms with E-state index in [0.29, 0.717) is 17.9 Å². The van der Waals surface area contributed by atoms with Gasteiger partial charge in [0.15, 0.2) is 0 Å². The molecule has 0 spiro atoms. The fraction of sp³-hybridized carbons (Fsp3) is 0.0690. The van der Waals surface area contributed by atoms with Crippen LogP contribution in [0.5, 0.6) is 5.75 Å². The third kappa shape index (κ3) is 5.54. The smallest absolute Gasteiger partial charge is 0.294 e. The highest BCUT2D eigenvalue weighted by molar-refractivity contribution is 8.18. The molecule has 0 bridgehead atoms. The molecule has 6 nitrogen and oxygen atoms in total. The number of nitrogens with zero attached hydrogens (tertiary/aromatic N) is 1. The molecule has 8 heteroatoms. The van der Waals surface area contributed by atoms with E-state index in [1.165, 1.54) is 18.2 Å². The second-order valence-electron chi connectivity index (χ2n) is 8.29. The molecule has 1 heterocycles. The van der Waals surface area contributed by atoms with Crippen LogP contribution < -0.4 is 10.1 Å². The molecule has 1 N–H and O–H groups in total. The molecule has 4 aromatic rings.